The quantitative estimate of drug-likeness (QED) is 0.0411. The Hall–Kier alpha value is 0.0906. The summed E-state index contributed by atoms with van der Waals surface area (Å²) in [4.78, 5) is 0. The summed E-state index contributed by atoms with van der Waals surface area (Å²) in [5.74, 6) is 0.521. The van der Waals surface area contributed by atoms with E-state index in [9.17, 15) is 0 Å². The molecule has 0 bridgehead atoms. The molecule has 0 amide bonds. The first-order valence-corrected chi connectivity index (χ1v) is 23.4. The van der Waals surface area contributed by atoms with E-state index in [4.69, 9.17) is 57.0 Å². The van der Waals surface area contributed by atoms with E-state index < -0.39 is 32.5 Å². The predicted molar refractivity (Wildman–Crippen MR) is 192 cm³/mol. The third-order valence-electron chi connectivity index (χ3n) is 8.96. The Morgan fingerprint density at radius 1 is 0.553 bits per heavy atom. The zero-order valence-corrected chi connectivity index (χ0v) is 33.7. The number of nitrogens with one attached hydrogen (secondary N) is 2. The second kappa shape index (κ2) is 26.0. The lowest BCUT2D eigenvalue weighted by molar-refractivity contribution is -0.0940. The molecule has 0 saturated heterocycles. The first-order chi connectivity index (χ1) is 22.7. The lowest BCUT2D eigenvalue weighted by atomic mass is 10.0. The van der Waals surface area contributed by atoms with Gasteiger partial charge in [-0.25, -0.2) is 0 Å². The molecule has 1 aliphatic carbocycles. The van der Waals surface area contributed by atoms with Crippen molar-refractivity contribution in [3.63, 3.8) is 0 Å². The van der Waals surface area contributed by atoms with Crippen LogP contribution in [0.3, 0.4) is 0 Å². The molecule has 0 spiro atoms. The highest BCUT2D eigenvalue weighted by molar-refractivity contribution is 6.61. The maximum Gasteiger partial charge on any atom is 0.500 e. The molecule has 0 radical (unpaired) electrons. The van der Waals surface area contributed by atoms with E-state index >= 15 is 0 Å². The van der Waals surface area contributed by atoms with Crippen LogP contribution >= 0.6 is 0 Å². The summed E-state index contributed by atoms with van der Waals surface area (Å²) in [6.45, 7) is 7.16. The van der Waals surface area contributed by atoms with E-state index in [1.165, 1.54) is 0 Å². The van der Waals surface area contributed by atoms with Crippen molar-refractivity contribution in [3.05, 3.63) is 0 Å². The van der Waals surface area contributed by atoms with Gasteiger partial charge in [0.2, 0.25) is 0 Å². The van der Waals surface area contributed by atoms with Crippen LogP contribution in [0.5, 0.6) is 0 Å². The predicted octanol–water partition coefficient (Wildman–Crippen LogP) is 2.05. The molecule has 1 fully saturated rings. The van der Waals surface area contributed by atoms with Gasteiger partial charge in [0.25, 0.3) is 0 Å². The summed E-state index contributed by atoms with van der Waals surface area (Å²) in [5.41, 5.74) is 17.1. The minimum Gasteiger partial charge on any atom is -0.377 e. The highest BCUT2D eigenvalue weighted by Gasteiger charge is 2.52. The number of nitrogens with two attached hydrogens (primary N) is 3. The van der Waals surface area contributed by atoms with Crippen LogP contribution in [0.2, 0.25) is 18.1 Å². The van der Waals surface area contributed by atoms with Crippen LogP contribution in [-0.4, -0.2) is 133 Å². The zero-order chi connectivity index (χ0) is 35.0. The summed E-state index contributed by atoms with van der Waals surface area (Å²) in [6, 6.07) is 1.96. The van der Waals surface area contributed by atoms with E-state index in [1.54, 1.807) is 42.7 Å². The van der Waals surface area contributed by atoms with Crippen LogP contribution in [-0.2, 0) is 39.8 Å². The van der Waals surface area contributed by atoms with Gasteiger partial charge in [-0.2, -0.15) is 0 Å². The maximum atomic E-state index is 7.07. The summed E-state index contributed by atoms with van der Waals surface area (Å²) in [5, 5.41) is 6.70. The van der Waals surface area contributed by atoms with Gasteiger partial charge in [0.1, 0.15) is 0 Å². The Labute approximate surface area is 289 Å². The Morgan fingerprint density at radius 2 is 0.957 bits per heavy atom. The lowest BCUT2D eigenvalue weighted by Crippen LogP contribution is -2.59. The van der Waals surface area contributed by atoms with Crippen LogP contribution in [0.25, 0.3) is 0 Å². The molecule has 282 valence electrons. The highest BCUT2D eigenvalue weighted by Crippen LogP contribution is 2.35. The van der Waals surface area contributed by atoms with Crippen LogP contribution in [0.15, 0.2) is 0 Å². The molecule has 4 unspecified atom stereocenters. The maximum absolute atomic E-state index is 7.07. The van der Waals surface area contributed by atoms with Gasteiger partial charge in [-0.15, -0.1) is 0 Å². The highest BCUT2D eigenvalue weighted by atomic mass is 28.4. The third-order valence-corrected chi connectivity index (χ3v) is 17.5. The van der Waals surface area contributed by atoms with Crippen molar-refractivity contribution in [1.82, 2.24) is 10.6 Å². The summed E-state index contributed by atoms with van der Waals surface area (Å²) in [6.07, 6.45) is 6.63. The van der Waals surface area contributed by atoms with Gasteiger partial charge >= 0.3 is 26.4 Å². The average Bonchev–Trinajstić information content (AvgIpc) is 3.27. The van der Waals surface area contributed by atoms with Gasteiger partial charge in [-0.3, -0.25) is 0 Å². The fourth-order valence-corrected chi connectivity index (χ4v) is 12.7. The van der Waals surface area contributed by atoms with Crippen LogP contribution in [0.4, 0.5) is 0 Å². The Bertz CT molecular complexity index is 760. The molecule has 1 aliphatic rings. The molecule has 0 aromatic carbocycles. The van der Waals surface area contributed by atoms with Crippen molar-refractivity contribution in [1.29, 1.82) is 0 Å². The van der Waals surface area contributed by atoms with Crippen molar-refractivity contribution in [2.45, 2.75) is 101 Å². The smallest absolute Gasteiger partial charge is 0.377 e. The second-order valence-corrected chi connectivity index (χ2v) is 21.1. The first kappa shape index (κ1) is 45.1. The molecule has 0 aromatic heterocycles. The van der Waals surface area contributed by atoms with Crippen molar-refractivity contribution in [2.75, 3.05) is 88.5 Å². The lowest BCUT2D eigenvalue weighted by Gasteiger charge is -2.42. The summed E-state index contributed by atoms with van der Waals surface area (Å²) >= 11 is 0. The molecule has 1 saturated carbocycles. The Balaban J connectivity index is 3.42. The largest absolute Gasteiger partial charge is 0.500 e. The minimum atomic E-state index is -3.18. The third kappa shape index (κ3) is 16.3. The minimum absolute atomic E-state index is 0.380. The number of rotatable bonds is 30. The summed E-state index contributed by atoms with van der Waals surface area (Å²) in [7, 11) is 0.673. The molecule has 1 rings (SSSR count). The average molecular weight is 730 g/mol. The van der Waals surface area contributed by atoms with E-state index in [0.29, 0.717) is 43.7 Å². The van der Waals surface area contributed by atoms with Gasteiger partial charge in [-0.1, -0.05) is 26.2 Å². The van der Waals surface area contributed by atoms with Gasteiger partial charge in [0, 0.05) is 87.0 Å². The van der Waals surface area contributed by atoms with Crippen LogP contribution < -0.4 is 27.8 Å². The van der Waals surface area contributed by atoms with Crippen LogP contribution in [0.1, 0.15) is 64.7 Å². The molecule has 14 nitrogen and oxygen atoms in total. The summed E-state index contributed by atoms with van der Waals surface area (Å²) < 4.78 is 57.6. The standard InChI is InChI=1S/C30H71N5O9Si3/c1-27(16-17-31)13-10-24-45(36-2,37-3)42-28-14-8-9-15-29(43-46(38-4,39-5)25-11-20-34-22-18-32)30(28)44-47(40-6,41-7)26-12-21-35-23-19-33/h27-30,34-35H,8-26,31-33H2,1-7H3. The molecule has 0 aliphatic heterocycles. The van der Waals surface area contributed by atoms with Gasteiger partial charge < -0.3 is 67.7 Å². The fourth-order valence-electron chi connectivity index (χ4n) is 6.07. The van der Waals surface area contributed by atoms with Gasteiger partial charge in [-0.05, 0) is 64.1 Å². The van der Waals surface area contributed by atoms with E-state index in [0.717, 1.165) is 84.0 Å². The van der Waals surface area contributed by atoms with Crippen molar-refractivity contribution in [2.24, 2.45) is 23.1 Å². The van der Waals surface area contributed by atoms with E-state index in [-0.39, 0.29) is 12.2 Å². The van der Waals surface area contributed by atoms with Gasteiger partial charge in [0.05, 0.1) is 18.3 Å². The SMILES string of the molecule is CO[Si](CCCNCCN)(OC)OC1CCCCC(O[Si](CCCC(C)CCN)(OC)OC)C1O[Si](CCCNCCN)(OC)OC. The second-order valence-electron chi connectivity index (χ2n) is 12.3. The number of hydrogen-bond acceptors (Lipinski definition) is 14. The number of hydrogen-bond donors (Lipinski definition) is 5. The molecule has 4 atom stereocenters. The molecule has 47 heavy (non-hydrogen) atoms. The molecule has 17 heteroatoms. The molecular weight excluding hydrogens is 659 g/mol. The van der Waals surface area contributed by atoms with Crippen molar-refractivity contribution < 1.29 is 39.8 Å². The monoisotopic (exact) mass is 729 g/mol. The van der Waals surface area contributed by atoms with E-state index in [2.05, 4.69) is 17.6 Å². The topological polar surface area (TPSA) is 185 Å². The molecule has 0 heterocycles. The molecule has 8 N–H and O–H groups in total. The fraction of sp³-hybridized carbons (Fsp3) is 1.00. The molecular formula is C30H71N5O9Si3. The van der Waals surface area contributed by atoms with Crippen molar-refractivity contribution >= 4 is 26.4 Å². The van der Waals surface area contributed by atoms with E-state index in [1.807, 2.05) is 0 Å². The van der Waals surface area contributed by atoms with Crippen LogP contribution in [0, 0.1) is 5.92 Å². The van der Waals surface area contributed by atoms with Gasteiger partial charge in [0.15, 0.2) is 0 Å². The normalized spacial score (nSPS) is 20.4. The Morgan fingerprint density at radius 3 is 1.34 bits per heavy atom. The zero-order valence-electron chi connectivity index (χ0n) is 30.7. The molecule has 0 aromatic rings. The first-order valence-electron chi connectivity index (χ1n) is 17.6. The van der Waals surface area contributed by atoms with Crippen molar-refractivity contribution in [3.8, 4) is 0 Å². The Kier molecular flexibility index (Phi) is 24.9.